The maximum atomic E-state index is 2.46. The van der Waals surface area contributed by atoms with E-state index in [2.05, 4.69) is 205 Å². The molecule has 244 valence electrons. The topological polar surface area (TPSA) is 3.24 Å². The molecule has 0 saturated carbocycles. The van der Waals surface area contributed by atoms with Crippen molar-refractivity contribution in [2.24, 2.45) is 0 Å². The zero-order valence-corrected chi connectivity index (χ0v) is 29.2. The van der Waals surface area contributed by atoms with Crippen LogP contribution < -0.4 is 4.90 Å². The number of nitrogens with zero attached hydrogens (tertiary/aromatic N) is 1. The van der Waals surface area contributed by atoms with Gasteiger partial charge in [0.05, 0.1) is 11.4 Å². The van der Waals surface area contributed by atoms with Crippen molar-refractivity contribution in [2.45, 2.75) is 0 Å². The highest BCUT2D eigenvalue weighted by molar-refractivity contribution is 7.26. The van der Waals surface area contributed by atoms with E-state index in [1.165, 1.54) is 75.1 Å². The summed E-state index contributed by atoms with van der Waals surface area (Å²) in [6.07, 6.45) is 0. The van der Waals surface area contributed by atoms with Gasteiger partial charge in [0, 0.05) is 42.2 Å². The molecule has 0 saturated heterocycles. The monoisotopic (exact) mass is 679 g/mol. The van der Waals surface area contributed by atoms with Crippen molar-refractivity contribution < 1.29 is 0 Å². The van der Waals surface area contributed by atoms with E-state index in [0.717, 1.165) is 17.1 Å². The van der Waals surface area contributed by atoms with Crippen molar-refractivity contribution >= 4 is 70.1 Å². The first-order chi connectivity index (χ1) is 25.8. The van der Waals surface area contributed by atoms with E-state index >= 15 is 0 Å². The van der Waals surface area contributed by atoms with E-state index < -0.39 is 0 Å². The van der Waals surface area contributed by atoms with Crippen molar-refractivity contribution in [3.63, 3.8) is 0 Å². The van der Waals surface area contributed by atoms with Gasteiger partial charge < -0.3 is 4.90 Å². The van der Waals surface area contributed by atoms with Gasteiger partial charge in [-0.2, -0.15) is 0 Å². The summed E-state index contributed by atoms with van der Waals surface area (Å²) in [5, 5.41) is 7.60. The normalized spacial score (nSPS) is 11.5. The van der Waals surface area contributed by atoms with Gasteiger partial charge in [-0.25, -0.2) is 0 Å². The maximum Gasteiger partial charge on any atom is 0.0547 e. The number of anilines is 3. The Kier molecular flexibility index (Phi) is 7.41. The summed E-state index contributed by atoms with van der Waals surface area (Å²) < 4.78 is 2.62. The second-order valence-electron chi connectivity index (χ2n) is 13.3. The van der Waals surface area contributed by atoms with Crippen molar-refractivity contribution in [3.05, 3.63) is 200 Å². The van der Waals surface area contributed by atoms with Crippen LogP contribution in [0, 0.1) is 0 Å². The molecule has 52 heavy (non-hydrogen) atoms. The van der Waals surface area contributed by atoms with Gasteiger partial charge in [-0.15, -0.1) is 11.3 Å². The van der Waals surface area contributed by atoms with Crippen LogP contribution in [0.4, 0.5) is 17.1 Å². The third-order valence-corrected chi connectivity index (χ3v) is 11.5. The lowest BCUT2D eigenvalue weighted by atomic mass is 9.96. The maximum absolute atomic E-state index is 2.46. The fourth-order valence-corrected chi connectivity index (χ4v) is 8.98. The van der Waals surface area contributed by atoms with Crippen LogP contribution in [-0.4, -0.2) is 0 Å². The first-order valence-electron chi connectivity index (χ1n) is 17.8. The number of rotatable bonds is 6. The molecule has 0 amide bonds. The zero-order valence-electron chi connectivity index (χ0n) is 28.4. The molecule has 0 aliphatic carbocycles. The molecule has 0 fully saturated rings. The molecule has 1 nitrogen and oxygen atoms in total. The average molecular weight is 680 g/mol. The van der Waals surface area contributed by atoms with Crippen molar-refractivity contribution in [1.29, 1.82) is 0 Å². The van der Waals surface area contributed by atoms with Crippen LogP contribution in [0.2, 0.25) is 0 Å². The van der Waals surface area contributed by atoms with Crippen LogP contribution in [0.5, 0.6) is 0 Å². The third kappa shape index (κ3) is 5.16. The molecular formula is C50H33NS. The Hall–Kier alpha value is -6.48. The predicted octanol–water partition coefficient (Wildman–Crippen LogP) is 14.8. The minimum absolute atomic E-state index is 1.12. The van der Waals surface area contributed by atoms with Gasteiger partial charge in [-0.05, 0) is 75.0 Å². The van der Waals surface area contributed by atoms with E-state index in [0.29, 0.717) is 0 Å². The van der Waals surface area contributed by atoms with Crippen LogP contribution in [-0.2, 0) is 0 Å². The Morgan fingerprint density at radius 3 is 1.75 bits per heavy atom. The first-order valence-corrected chi connectivity index (χ1v) is 18.6. The molecule has 0 aliphatic heterocycles. The molecule has 2 heteroatoms. The van der Waals surface area contributed by atoms with Crippen LogP contribution in [0.1, 0.15) is 0 Å². The van der Waals surface area contributed by atoms with Gasteiger partial charge in [0.1, 0.15) is 0 Å². The second-order valence-corrected chi connectivity index (χ2v) is 14.3. The first kappa shape index (κ1) is 30.4. The molecule has 0 bridgehead atoms. The van der Waals surface area contributed by atoms with Crippen molar-refractivity contribution in [1.82, 2.24) is 0 Å². The Labute approximate surface area is 307 Å². The van der Waals surface area contributed by atoms with Crippen LogP contribution in [0.25, 0.3) is 75.1 Å². The van der Waals surface area contributed by atoms with Crippen molar-refractivity contribution in [2.75, 3.05) is 4.90 Å². The molecular weight excluding hydrogens is 647 g/mol. The van der Waals surface area contributed by atoms with Crippen LogP contribution >= 0.6 is 11.3 Å². The largest absolute Gasteiger partial charge is 0.309 e. The Morgan fingerprint density at radius 1 is 0.327 bits per heavy atom. The number of para-hydroxylation sites is 2. The third-order valence-electron chi connectivity index (χ3n) is 10.3. The highest BCUT2D eigenvalue weighted by atomic mass is 32.1. The van der Waals surface area contributed by atoms with Crippen LogP contribution in [0.15, 0.2) is 200 Å². The summed E-state index contributed by atoms with van der Waals surface area (Å²) in [7, 11) is 0. The Bertz CT molecular complexity index is 2880. The van der Waals surface area contributed by atoms with Gasteiger partial charge in [0.15, 0.2) is 0 Å². The summed E-state index contributed by atoms with van der Waals surface area (Å²) in [5.74, 6) is 0. The minimum atomic E-state index is 1.12. The Balaban J connectivity index is 1.20. The molecule has 0 radical (unpaired) electrons. The fourth-order valence-electron chi connectivity index (χ4n) is 7.78. The van der Waals surface area contributed by atoms with Crippen LogP contribution in [0.3, 0.4) is 0 Å². The number of hydrogen-bond acceptors (Lipinski definition) is 2. The van der Waals surface area contributed by atoms with E-state index in [9.17, 15) is 0 Å². The van der Waals surface area contributed by atoms with Gasteiger partial charge in [-0.3, -0.25) is 0 Å². The molecule has 9 aromatic carbocycles. The summed E-state index contributed by atoms with van der Waals surface area (Å²) in [4.78, 5) is 2.46. The smallest absolute Gasteiger partial charge is 0.0547 e. The molecule has 0 aliphatic rings. The lowest BCUT2D eigenvalue weighted by molar-refractivity contribution is 1.30. The summed E-state index contributed by atoms with van der Waals surface area (Å²) in [6, 6.07) is 72.9. The van der Waals surface area contributed by atoms with E-state index in [4.69, 9.17) is 0 Å². The molecule has 1 heterocycles. The molecule has 10 aromatic rings. The lowest BCUT2D eigenvalue weighted by Gasteiger charge is -2.29. The predicted molar refractivity (Wildman–Crippen MR) is 225 cm³/mol. The molecule has 0 atom stereocenters. The molecule has 1 aromatic heterocycles. The van der Waals surface area contributed by atoms with Gasteiger partial charge in [0.2, 0.25) is 0 Å². The lowest BCUT2D eigenvalue weighted by Crippen LogP contribution is -2.11. The highest BCUT2D eigenvalue weighted by Crippen LogP contribution is 2.48. The number of fused-ring (bicyclic) bond motifs is 6. The summed E-state index contributed by atoms with van der Waals surface area (Å²) in [5.41, 5.74) is 10.7. The van der Waals surface area contributed by atoms with E-state index in [1.54, 1.807) is 0 Å². The number of benzene rings is 9. The zero-order chi connectivity index (χ0) is 34.4. The highest BCUT2D eigenvalue weighted by Gasteiger charge is 2.22. The van der Waals surface area contributed by atoms with Gasteiger partial charge >= 0.3 is 0 Å². The summed E-state index contributed by atoms with van der Waals surface area (Å²) in [6.45, 7) is 0. The quantitative estimate of drug-likeness (QED) is 0.169. The molecule has 0 unspecified atom stereocenters. The van der Waals surface area contributed by atoms with Crippen molar-refractivity contribution in [3.8, 4) is 33.4 Å². The second kappa shape index (κ2) is 12.7. The van der Waals surface area contributed by atoms with Gasteiger partial charge in [0.25, 0.3) is 0 Å². The molecule has 0 N–H and O–H groups in total. The average Bonchev–Trinajstić information content (AvgIpc) is 3.60. The molecule has 0 spiro atoms. The number of hydrogen-bond donors (Lipinski definition) is 0. The standard InChI is InChI=1S/C50H33NS/c1-3-14-34(15-4-1)35-26-28-37(29-27-35)42-21-11-12-25-47(42)51(39-18-5-2-6-19-39)48-33-46-45-32-38(41-24-13-17-36-16-7-8-20-40(36)41)30-31-49(45)52-50(46)44-23-10-9-22-43(44)48/h1-33H. The minimum Gasteiger partial charge on any atom is -0.309 e. The number of thiophene rings is 1. The molecule has 10 rings (SSSR count). The van der Waals surface area contributed by atoms with E-state index in [1.807, 2.05) is 11.3 Å². The fraction of sp³-hybridized carbons (Fsp3) is 0. The Morgan fingerprint density at radius 2 is 0.923 bits per heavy atom. The SMILES string of the molecule is c1ccc(-c2ccc(-c3ccccc3N(c3ccccc3)c3cc4c5cc(-c6cccc7ccccc67)ccc5sc4c4ccccc34)cc2)cc1. The van der Waals surface area contributed by atoms with E-state index in [-0.39, 0.29) is 0 Å². The summed E-state index contributed by atoms with van der Waals surface area (Å²) >= 11 is 1.89. The van der Waals surface area contributed by atoms with Gasteiger partial charge in [-0.1, -0.05) is 164 Å².